The van der Waals surface area contributed by atoms with Crippen molar-refractivity contribution in [3.05, 3.63) is 35.4 Å². The standard InChI is InChI=1S/C14H19N2O5P/c15-6-3-7-22(20,21)9-10(17)8-16-13(18)11-4-1-2-5-12(11)14(16)19/h1-2,4-5,10,17H,3,6-9,15H2,(H,20,21). The van der Waals surface area contributed by atoms with E-state index >= 15 is 0 Å². The Morgan fingerprint density at radius 2 is 1.73 bits per heavy atom. The predicted molar refractivity (Wildman–Crippen MR) is 81.0 cm³/mol. The largest absolute Gasteiger partial charge is 0.391 e. The van der Waals surface area contributed by atoms with Gasteiger partial charge in [0.25, 0.3) is 11.8 Å². The minimum atomic E-state index is -3.51. The third kappa shape index (κ3) is 3.62. The summed E-state index contributed by atoms with van der Waals surface area (Å²) < 4.78 is 11.9. The Labute approximate surface area is 128 Å². The van der Waals surface area contributed by atoms with E-state index in [1.54, 1.807) is 24.3 Å². The molecule has 120 valence electrons. The van der Waals surface area contributed by atoms with Crippen molar-refractivity contribution in [2.24, 2.45) is 5.73 Å². The van der Waals surface area contributed by atoms with E-state index in [2.05, 4.69) is 0 Å². The van der Waals surface area contributed by atoms with Gasteiger partial charge in [-0.1, -0.05) is 12.1 Å². The summed E-state index contributed by atoms with van der Waals surface area (Å²) in [5, 5.41) is 9.95. The van der Waals surface area contributed by atoms with Crippen molar-refractivity contribution in [3.8, 4) is 0 Å². The maximum atomic E-state index is 12.1. The highest BCUT2D eigenvalue weighted by Crippen LogP contribution is 2.41. The maximum Gasteiger partial charge on any atom is 0.261 e. The zero-order valence-corrected chi connectivity index (χ0v) is 12.9. The van der Waals surface area contributed by atoms with E-state index in [9.17, 15) is 24.2 Å². The first-order chi connectivity index (χ1) is 10.4. The molecule has 0 spiro atoms. The molecule has 22 heavy (non-hydrogen) atoms. The Morgan fingerprint density at radius 3 is 2.23 bits per heavy atom. The third-order valence-corrected chi connectivity index (χ3v) is 5.49. The summed E-state index contributed by atoms with van der Waals surface area (Å²) in [6.45, 7) is -0.00142. The SMILES string of the molecule is NCCCP(=O)(O)CC(O)CN1C(=O)c2ccccc2C1=O. The summed E-state index contributed by atoms with van der Waals surface area (Å²) >= 11 is 0. The second-order valence-corrected chi connectivity index (χ2v) is 7.82. The predicted octanol–water partition coefficient (Wildman–Crippen LogP) is 0.263. The van der Waals surface area contributed by atoms with Gasteiger partial charge >= 0.3 is 0 Å². The van der Waals surface area contributed by atoms with Crippen molar-refractivity contribution < 1.29 is 24.2 Å². The van der Waals surface area contributed by atoms with E-state index in [0.29, 0.717) is 13.0 Å². The number of amides is 2. The summed E-state index contributed by atoms with van der Waals surface area (Å²) in [5.74, 6) is -0.983. The summed E-state index contributed by atoms with van der Waals surface area (Å²) in [7, 11) is -3.51. The molecular weight excluding hydrogens is 307 g/mol. The number of carbonyl (C=O) groups excluding carboxylic acids is 2. The van der Waals surface area contributed by atoms with Gasteiger partial charge in [-0.2, -0.15) is 0 Å². The van der Waals surface area contributed by atoms with Gasteiger partial charge in [-0.3, -0.25) is 19.1 Å². The monoisotopic (exact) mass is 326 g/mol. The molecule has 8 heteroatoms. The highest BCUT2D eigenvalue weighted by Gasteiger charge is 2.37. The molecule has 1 heterocycles. The lowest BCUT2D eigenvalue weighted by molar-refractivity contribution is 0.0563. The molecule has 4 N–H and O–H groups in total. The lowest BCUT2D eigenvalue weighted by atomic mass is 10.1. The van der Waals surface area contributed by atoms with Gasteiger partial charge in [0.2, 0.25) is 7.37 Å². The normalized spacial score (nSPS) is 18.2. The van der Waals surface area contributed by atoms with Crippen LogP contribution in [-0.2, 0) is 4.57 Å². The van der Waals surface area contributed by atoms with Crippen LogP contribution in [0.1, 0.15) is 27.1 Å². The van der Waals surface area contributed by atoms with Gasteiger partial charge in [0.1, 0.15) is 0 Å². The maximum absolute atomic E-state index is 12.1. The highest BCUT2D eigenvalue weighted by atomic mass is 31.2. The zero-order valence-electron chi connectivity index (χ0n) is 12.0. The van der Waals surface area contributed by atoms with Gasteiger partial charge in [-0.05, 0) is 25.1 Å². The number of nitrogens with zero attached hydrogens (tertiary/aromatic N) is 1. The van der Waals surface area contributed by atoms with E-state index in [0.717, 1.165) is 4.90 Å². The van der Waals surface area contributed by atoms with Gasteiger partial charge in [0, 0.05) is 6.16 Å². The second-order valence-electron chi connectivity index (χ2n) is 5.32. The lowest BCUT2D eigenvalue weighted by Gasteiger charge is -2.20. The molecule has 1 aliphatic heterocycles. The Balaban J connectivity index is 2.02. The van der Waals surface area contributed by atoms with Crippen molar-refractivity contribution in [2.75, 3.05) is 25.4 Å². The third-order valence-electron chi connectivity index (χ3n) is 3.48. The van der Waals surface area contributed by atoms with Gasteiger partial charge in [0.15, 0.2) is 0 Å². The molecular formula is C14H19N2O5P. The molecule has 0 saturated heterocycles. The molecule has 0 fully saturated rings. The first-order valence-corrected chi connectivity index (χ1v) is 9.03. The number of carbonyl (C=O) groups is 2. The van der Waals surface area contributed by atoms with E-state index in [1.165, 1.54) is 0 Å². The molecule has 0 aliphatic carbocycles. The first-order valence-electron chi connectivity index (χ1n) is 7.00. The molecule has 0 bridgehead atoms. The topological polar surface area (TPSA) is 121 Å². The summed E-state index contributed by atoms with van der Waals surface area (Å²) in [5.41, 5.74) is 5.87. The summed E-state index contributed by atoms with van der Waals surface area (Å²) in [6.07, 6.45) is -1.20. The van der Waals surface area contributed by atoms with E-state index in [-0.39, 0.29) is 30.0 Å². The number of hydrogen-bond donors (Lipinski definition) is 3. The zero-order chi connectivity index (χ0) is 16.3. The Kier molecular flexibility index (Phi) is 5.13. The van der Waals surface area contributed by atoms with Crippen molar-refractivity contribution >= 4 is 19.2 Å². The summed E-state index contributed by atoms with van der Waals surface area (Å²) in [4.78, 5) is 34.9. The number of nitrogens with two attached hydrogens (primary N) is 1. The highest BCUT2D eigenvalue weighted by molar-refractivity contribution is 7.58. The van der Waals surface area contributed by atoms with Crippen molar-refractivity contribution in [3.63, 3.8) is 0 Å². The molecule has 1 aromatic rings. The minimum Gasteiger partial charge on any atom is -0.391 e. The smallest absolute Gasteiger partial charge is 0.261 e. The number of hydrogen-bond acceptors (Lipinski definition) is 5. The average molecular weight is 326 g/mol. The molecule has 2 rings (SSSR count). The van der Waals surface area contributed by atoms with Crippen LogP contribution in [0.25, 0.3) is 0 Å². The van der Waals surface area contributed by atoms with Gasteiger partial charge in [-0.15, -0.1) is 0 Å². The van der Waals surface area contributed by atoms with Crippen LogP contribution < -0.4 is 5.73 Å². The summed E-state index contributed by atoms with van der Waals surface area (Å²) in [6, 6.07) is 6.39. The number of rotatable bonds is 7. The number of imide groups is 1. The fourth-order valence-electron chi connectivity index (χ4n) is 2.43. The molecule has 2 amide bonds. The van der Waals surface area contributed by atoms with Gasteiger partial charge < -0.3 is 15.7 Å². The van der Waals surface area contributed by atoms with Crippen LogP contribution in [0.15, 0.2) is 24.3 Å². The van der Waals surface area contributed by atoms with E-state index in [1.807, 2.05) is 0 Å². The van der Waals surface area contributed by atoms with Crippen LogP contribution in [0.5, 0.6) is 0 Å². The van der Waals surface area contributed by atoms with Gasteiger partial charge in [0.05, 0.1) is 29.9 Å². The molecule has 0 saturated carbocycles. The molecule has 2 unspecified atom stereocenters. The van der Waals surface area contributed by atoms with Crippen molar-refractivity contribution in [2.45, 2.75) is 12.5 Å². The van der Waals surface area contributed by atoms with Crippen molar-refractivity contribution in [1.29, 1.82) is 0 Å². The number of aliphatic hydroxyl groups is 1. The van der Waals surface area contributed by atoms with Gasteiger partial charge in [-0.25, -0.2) is 0 Å². The molecule has 0 radical (unpaired) electrons. The second kappa shape index (κ2) is 6.71. The molecule has 2 atom stereocenters. The fourth-order valence-corrected chi connectivity index (χ4v) is 4.07. The molecule has 1 aromatic carbocycles. The molecule has 7 nitrogen and oxygen atoms in total. The lowest BCUT2D eigenvalue weighted by Crippen LogP contribution is -2.38. The number of β-amino-alcohol motifs (C(OH)–C–C–N with tert-alkyl or cyclic N) is 1. The van der Waals surface area contributed by atoms with Crippen LogP contribution in [0, 0.1) is 0 Å². The quantitative estimate of drug-likeness (QED) is 0.488. The van der Waals surface area contributed by atoms with Crippen LogP contribution >= 0.6 is 7.37 Å². The van der Waals surface area contributed by atoms with Crippen LogP contribution in [-0.4, -0.2) is 58.2 Å². The van der Waals surface area contributed by atoms with Crippen LogP contribution in [0.4, 0.5) is 0 Å². The first kappa shape index (κ1) is 16.8. The minimum absolute atomic E-state index is 0.0165. The van der Waals surface area contributed by atoms with Crippen molar-refractivity contribution in [1.82, 2.24) is 4.90 Å². The van der Waals surface area contributed by atoms with E-state index < -0.39 is 25.3 Å². The molecule has 0 aromatic heterocycles. The number of benzene rings is 1. The van der Waals surface area contributed by atoms with Crippen LogP contribution in [0.2, 0.25) is 0 Å². The number of aliphatic hydroxyl groups excluding tert-OH is 1. The van der Waals surface area contributed by atoms with Crippen LogP contribution in [0.3, 0.4) is 0 Å². The average Bonchev–Trinajstić information content (AvgIpc) is 2.70. The van der Waals surface area contributed by atoms with E-state index in [4.69, 9.17) is 5.73 Å². The Morgan fingerprint density at radius 1 is 1.18 bits per heavy atom. The molecule has 1 aliphatic rings. The Hall–Kier alpha value is -1.53. The number of fused-ring (bicyclic) bond motifs is 1. The fraction of sp³-hybridized carbons (Fsp3) is 0.429. The Bertz CT molecular complexity index is 598.